The Morgan fingerprint density at radius 3 is 2.71 bits per heavy atom. The minimum Gasteiger partial charge on any atom is -0.481 e. The average molecular weight is 391 g/mol. The summed E-state index contributed by atoms with van der Waals surface area (Å²) in [6.45, 7) is 5.77. The van der Waals surface area contributed by atoms with Crippen LogP contribution in [0.15, 0.2) is 60.2 Å². The monoisotopic (exact) mass is 391 g/mol. The summed E-state index contributed by atoms with van der Waals surface area (Å²) in [7, 11) is 0. The van der Waals surface area contributed by atoms with Crippen molar-refractivity contribution in [1.29, 1.82) is 0 Å². The third kappa shape index (κ3) is 3.92. The van der Waals surface area contributed by atoms with Crippen LogP contribution in [0.3, 0.4) is 0 Å². The first kappa shape index (κ1) is 18.3. The van der Waals surface area contributed by atoms with Gasteiger partial charge in [0.2, 0.25) is 0 Å². The Morgan fingerprint density at radius 2 is 1.96 bits per heavy atom. The van der Waals surface area contributed by atoms with E-state index in [-0.39, 0.29) is 5.91 Å². The number of benzene rings is 2. The van der Waals surface area contributed by atoms with E-state index in [2.05, 4.69) is 16.4 Å². The molecule has 1 amide bonds. The Balaban J connectivity index is 1.47. The van der Waals surface area contributed by atoms with E-state index in [0.29, 0.717) is 5.75 Å². The molecule has 142 valence electrons. The smallest absolute Gasteiger partial charge is 0.265 e. The molecule has 0 aliphatic carbocycles. The number of carbonyl (C=O) groups excluding carboxylic acids is 1. The predicted octanol–water partition coefficient (Wildman–Crippen LogP) is 5.09. The van der Waals surface area contributed by atoms with Crippen molar-refractivity contribution in [3.05, 3.63) is 71.4 Å². The Bertz CT molecular complexity index is 1100. The van der Waals surface area contributed by atoms with Gasteiger partial charge in [0.05, 0.1) is 5.69 Å². The lowest BCUT2D eigenvalue weighted by Gasteiger charge is -2.16. The van der Waals surface area contributed by atoms with E-state index in [0.717, 1.165) is 33.0 Å². The molecule has 0 fully saturated rings. The van der Waals surface area contributed by atoms with Crippen LogP contribution in [0.4, 0.5) is 5.69 Å². The van der Waals surface area contributed by atoms with Gasteiger partial charge in [-0.05, 0) is 56.2 Å². The molecule has 0 aliphatic heterocycles. The van der Waals surface area contributed by atoms with E-state index in [1.165, 1.54) is 0 Å². The molecular formula is C22H21N3O2S. The van der Waals surface area contributed by atoms with Crippen molar-refractivity contribution < 1.29 is 9.53 Å². The number of rotatable bonds is 5. The highest BCUT2D eigenvalue weighted by Gasteiger charge is 2.16. The van der Waals surface area contributed by atoms with Crippen LogP contribution in [0.5, 0.6) is 5.75 Å². The number of thiazole rings is 1. The molecule has 1 N–H and O–H groups in total. The van der Waals surface area contributed by atoms with E-state index in [4.69, 9.17) is 4.74 Å². The third-order valence-electron chi connectivity index (χ3n) is 4.40. The quantitative estimate of drug-likeness (QED) is 0.516. The van der Waals surface area contributed by atoms with Crippen LogP contribution < -0.4 is 10.1 Å². The topological polar surface area (TPSA) is 55.6 Å². The van der Waals surface area contributed by atoms with Crippen LogP contribution in [0.1, 0.15) is 18.1 Å². The maximum Gasteiger partial charge on any atom is 0.265 e. The first-order valence-electron chi connectivity index (χ1n) is 9.06. The van der Waals surface area contributed by atoms with Gasteiger partial charge in [0.15, 0.2) is 11.1 Å². The molecular weight excluding hydrogens is 370 g/mol. The molecule has 2 aromatic carbocycles. The molecule has 0 saturated carbocycles. The minimum absolute atomic E-state index is 0.192. The van der Waals surface area contributed by atoms with Gasteiger partial charge >= 0.3 is 0 Å². The number of aryl methyl sites for hydroxylation is 2. The van der Waals surface area contributed by atoms with Crippen LogP contribution >= 0.6 is 11.3 Å². The molecule has 0 aliphatic rings. The summed E-state index contributed by atoms with van der Waals surface area (Å²) in [6, 6.07) is 13.6. The number of hydrogen-bond donors (Lipinski definition) is 1. The molecule has 2 heterocycles. The summed E-state index contributed by atoms with van der Waals surface area (Å²) in [5, 5.41) is 4.93. The van der Waals surface area contributed by atoms with E-state index in [1.54, 1.807) is 18.3 Å². The van der Waals surface area contributed by atoms with Crippen molar-refractivity contribution in [2.24, 2.45) is 0 Å². The molecule has 0 bridgehead atoms. The normalized spacial score (nSPS) is 12.1. The summed E-state index contributed by atoms with van der Waals surface area (Å²) in [4.78, 5) is 18.1. The van der Waals surface area contributed by atoms with Crippen molar-refractivity contribution in [2.45, 2.75) is 26.9 Å². The molecule has 1 unspecified atom stereocenters. The molecule has 4 rings (SSSR count). The van der Waals surface area contributed by atoms with Crippen molar-refractivity contribution in [2.75, 3.05) is 5.32 Å². The second-order valence-corrected chi connectivity index (χ2v) is 7.75. The fourth-order valence-electron chi connectivity index (χ4n) is 3.13. The van der Waals surface area contributed by atoms with Crippen LogP contribution in [-0.2, 0) is 4.79 Å². The lowest BCUT2D eigenvalue weighted by molar-refractivity contribution is -0.122. The minimum atomic E-state index is -0.609. The molecule has 5 nitrogen and oxygen atoms in total. The number of anilines is 1. The molecule has 1 atom stereocenters. The first-order valence-corrected chi connectivity index (χ1v) is 9.94. The molecule has 6 heteroatoms. The zero-order valence-corrected chi connectivity index (χ0v) is 16.8. The van der Waals surface area contributed by atoms with Gasteiger partial charge in [-0.2, -0.15) is 0 Å². The standard InChI is InChI=1S/C22H21N3O2S/c1-14-9-15(2)11-19(10-14)27-16(3)21(26)23-18-6-4-5-17(12-18)20-13-25-7-8-28-22(25)24-20/h4-13,16H,1-3H3,(H,23,26). The van der Waals surface area contributed by atoms with Crippen molar-refractivity contribution >= 4 is 27.9 Å². The van der Waals surface area contributed by atoms with Crippen molar-refractivity contribution in [3.63, 3.8) is 0 Å². The number of ether oxygens (including phenoxy) is 1. The Labute approximate surface area is 167 Å². The number of imidazole rings is 1. The van der Waals surface area contributed by atoms with Gasteiger partial charge < -0.3 is 10.1 Å². The highest BCUT2D eigenvalue weighted by Crippen LogP contribution is 2.24. The highest BCUT2D eigenvalue weighted by molar-refractivity contribution is 7.15. The van der Waals surface area contributed by atoms with Crippen molar-refractivity contribution in [1.82, 2.24) is 9.38 Å². The van der Waals surface area contributed by atoms with Gasteiger partial charge in [-0.3, -0.25) is 9.20 Å². The number of nitrogens with one attached hydrogen (secondary N) is 1. The molecule has 0 saturated heterocycles. The van der Waals surface area contributed by atoms with E-state index >= 15 is 0 Å². The number of amides is 1. The maximum atomic E-state index is 12.6. The summed E-state index contributed by atoms with van der Waals surface area (Å²) < 4.78 is 7.82. The van der Waals surface area contributed by atoms with Crippen LogP contribution in [0.25, 0.3) is 16.2 Å². The summed E-state index contributed by atoms with van der Waals surface area (Å²) in [5.74, 6) is 0.508. The summed E-state index contributed by atoms with van der Waals surface area (Å²) in [5.41, 5.74) is 4.76. The second kappa shape index (κ2) is 7.48. The van der Waals surface area contributed by atoms with Gasteiger partial charge in [0, 0.05) is 29.0 Å². The predicted molar refractivity (Wildman–Crippen MR) is 113 cm³/mol. The van der Waals surface area contributed by atoms with E-state index in [9.17, 15) is 4.79 Å². The Kier molecular flexibility index (Phi) is 4.88. The van der Waals surface area contributed by atoms with Crippen molar-refractivity contribution in [3.8, 4) is 17.0 Å². The van der Waals surface area contributed by atoms with E-state index < -0.39 is 6.10 Å². The molecule has 2 aromatic heterocycles. The van der Waals surface area contributed by atoms with Gasteiger partial charge in [-0.15, -0.1) is 11.3 Å². The second-order valence-electron chi connectivity index (χ2n) is 6.87. The fourth-order valence-corrected chi connectivity index (χ4v) is 3.83. The highest BCUT2D eigenvalue weighted by atomic mass is 32.1. The molecule has 0 radical (unpaired) electrons. The van der Waals surface area contributed by atoms with Crippen LogP contribution in [0, 0.1) is 13.8 Å². The lowest BCUT2D eigenvalue weighted by Crippen LogP contribution is -2.30. The van der Waals surface area contributed by atoms with E-state index in [1.807, 2.05) is 72.4 Å². The summed E-state index contributed by atoms with van der Waals surface area (Å²) >= 11 is 1.59. The Hall–Kier alpha value is -3.12. The van der Waals surface area contributed by atoms with Gasteiger partial charge in [0.25, 0.3) is 5.91 Å². The number of nitrogens with zero attached hydrogens (tertiary/aromatic N) is 2. The molecule has 28 heavy (non-hydrogen) atoms. The van der Waals surface area contributed by atoms with Gasteiger partial charge in [0.1, 0.15) is 5.75 Å². The largest absolute Gasteiger partial charge is 0.481 e. The zero-order valence-electron chi connectivity index (χ0n) is 16.0. The number of hydrogen-bond acceptors (Lipinski definition) is 4. The lowest BCUT2D eigenvalue weighted by atomic mass is 10.1. The molecule has 0 spiro atoms. The number of carbonyl (C=O) groups is 1. The third-order valence-corrected chi connectivity index (χ3v) is 5.17. The zero-order chi connectivity index (χ0) is 19.7. The maximum absolute atomic E-state index is 12.6. The molecule has 4 aromatic rings. The van der Waals surface area contributed by atoms with Gasteiger partial charge in [-0.1, -0.05) is 18.2 Å². The Morgan fingerprint density at radius 1 is 1.18 bits per heavy atom. The number of aromatic nitrogens is 2. The fraction of sp³-hybridized carbons (Fsp3) is 0.182. The summed E-state index contributed by atoms with van der Waals surface area (Å²) in [6.07, 6.45) is 3.36. The average Bonchev–Trinajstić information content (AvgIpc) is 3.23. The van der Waals surface area contributed by atoms with Gasteiger partial charge in [-0.25, -0.2) is 4.98 Å². The SMILES string of the molecule is Cc1cc(C)cc(OC(C)C(=O)Nc2cccc(-c3cn4ccsc4n3)c2)c1. The first-order chi connectivity index (χ1) is 13.5. The number of fused-ring (bicyclic) bond motifs is 1. The van der Waals surface area contributed by atoms with Crippen LogP contribution in [-0.4, -0.2) is 21.4 Å². The van der Waals surface area contributed by atoms with Crippen LogP contribution in [0.2, 0.25) is 0 Å².